The van der Waals surface area contributed by atoms with E-state index >= 15 is 0 Å². The van der Waals surface area contributed by atoms with Crippen LogP contribution in [0.4, 0.5) is 0 Å². The quantitative estimate of drug-likeness (QED) is 0.791. The molecule has 16 heavy (non-hydrogen) atoms. The Morgan fingerprint density at radius 1 is 1.25 bits per heavy atom. The summed E-state index contributed by atoms with van der Waals surface area (Å²) in [6.45, 7) is 3.08. The summed E-state index contributed by atoms with van der Waals surface area (Å²) in [5.41, 5.74) is 6.42. The van der Waals surface area contributed by atoms with Gasteiger partial charge in [0.05, 0.1) is 19.3 Å². The lowest BCUT2D eigenvalue weighted by molar-refractivity contribution is 0.153. The molecule has 0 saturated carbocycles. The predicted octanol–water partition coefficient (Wildman–Crippen LogP) is 1.23. The minimum absolute atomic E-state index is 0.301. The summed E-state index contributed by atoms with van der Waals surface area (Å²) < 4.78 is 11.0. The van der Waals surface area contributed by atoms with Gasteiger partial charge in [0, 0.05) is 12.5 Å². The van der Waals surface area contributed by atoms with E-state index in [1.54, 1.807) is 13.0 Å². The number of rotatable bonds is 2. The molecule has 0 aromatic heterocycles. The van der Waals surface area contributed by atoms with E-state index in [9.17, 15) is 5.11 Å². The van der Waals surface area contributed by atoms with Crippen LogP contribution in [-0.2, 0) is 0 Å². The lowest BCUT2D eigenvalue weighted by atomic mass is 10.0. The molecule has 1 aliphatic rings. The van der Waals surface area contributed by atoms with E-state index in [1.807, 2.05) is 12.1 Å². The summed E-state index contributed by atoms with van der Waals surface area (Å²) in [5.74, 6) is 1.42. The number of fused-ring (bicyclic) bond motifs is 1. The Kier molecular flexibility index (Phi) is 3.31. The molecule has 0 fully saturated rings. The highest BCUT2D eigenvalue weighted by molar-refractivity contribution is 5.44. The number of aliphatic hydroxyl groups excluding tert-OH is 1. The van der Waals surface area contributed by atoms with Crippen molar-refractivity contribution < 1.29 is 14.6 Å². The third-order valence-electron chi connectivity index (χ3n) is 2.61. The number of hydrogen-bond acceptors (Lipinski definition) is 4. The van der Waals surface area contributed by atoms with Gasteiger partial charge in [-0.3, -0.25) is 0 Å². The fraction of sp³-hybridized carbons (Fsp3) is 0.500. The summed E-state index contributed by atoms with van der Waals surface area (Å²) in [6, 6.07) is 5.14. The number of ether oxygens (including phenoxy) is 2. The van der Waals surface area contributed by atoms with Crippen LogP contribution in [-0.4, -0.2) is 24.4 Å². The van der Waals surface area contributed by atoms with Gasteiger partial charge < -0.3 is 20.3 Å². The van der Waals surface area contributed by atoms with E-state index in [2.05, 4.69) is 0 Å². The smallest absolute Gasteiger partial charge is 0.161 e. The van der Waals surface area contributed by atoms with Crippen LogP contribution in [0.2, 0.25) is 0 Å². The predicted molar refractivity (Wildman–Crippen MR) is 60.7 cm³/mol. The fourth-order valence-corrected chi connectivity index (χ4v) is 1.67. The second-order valence-corrected chi connectivity index (χ2v) is 4.06. The van der Waals surface area contributed by atoms with Crippen molar-refractivity contribution in [3.05, 3.63) is 23.8 Å². The largest absolute Gasteiger partial charge is 0.490 e. The van der Waals surface area contributed by atoms with Gasteiger partial charge in [0.1, 0.15) is 0 Å². The molecule has 0 aliphatic carbocycles. The first-order valence-corrected chi connectivity index (χ1v) is 5.51. The van der Waals surface area contributed by atoms with E-state index in [4.69, 9.17) is 15.2 Å². The Bertz CT molecular complexity index is 365. The molecule has 4 nitrogen and oxygen atoms in total. The third kappa shape index (κ3) is 2.28. The van der Waals surface area contributed by atoms with Gasteiger partial charge in [-0.25, -0.2) is 0 Å². The van der Waals surface area contributed by atoms with Gasteiger partial charge in [-0.1, -0.05) is 6.07 Å². The minimum atomic E-state index is -0.669. The molecule has 0 radical (unpaired) electrons. The average Bonchev–Trinajstić information content (AvgIpc) is 2.51. The van der Waals surface area contributed by atoms with Gasteiger partial charge in [0.25, 0.3) is 0 Å². The van der Waals surface area contributed by atoms with Gasteiger partial charge in [0.15, 0.2) is 11.5 Å². The first kappa shape index (κ1) is 11.2. The molecule has 2 rings (SSSR count). The van der Waals surface area contributed by atoms with E-state index in [0.717, 1.165) is 17.7 Å². The first-order chi connectivity index (χ1) is 7.68. The van der Waals surface area contributed by atoms with E-state index in [-0.39, 0.29) is 6.04 Å². The van der Waals surface area contributed by atoms with Crippen LogP contribution in [0.15, 0.2) is 18.2 Å². The summed E-state index contributed by atoms with van der Waals surface area (Å²) in [7, 11) is 0. The van der Waals surface area contributed by atoms with Gasteiger partial charge in [-0.15, -0.1) is 0 Å². The highest BCUT2D eigenvalue weighted by atomic mass is 16.5. The molecule has 2 unspecified atom stereocenters. The van der Waals surface area contributed by atoms with E-state index in [0.29, 0.717) is 19.0 Å². The Morgan fingerprint density at radius 3 is 2.62 bits per heavy atom. The number of aliphatic hydroxyl groups is 1. The van der Waals surface area contributed by atoms with Crippen LogP contribution < -0.4 is 15.2 Å². The summed E-state index contributed by atoms with van der Waals surface area (Å²) >= 11 is 0. The van der Waals surface area contributed by atoms with E-state index in [1.165, 1.54) is 0 Å². The number of nitrogens with two attached hydrogens (primary N) is 1. The molecule has 3 N–H and O–H groups in total. The van der Waals surface area contributed by atoms with Crippen molar-refractivity contribution in [1.29, 1.82) is 0 Å². The summed E-state index contributed by atoms with van der Waals surface area (Å²) in [5, 5.41) is 9.85. The zero-order valence-electron chi connectivity index (χ0n) is 9.35. The zero-order valence-corrected chi connectivity index (χ0v) is 9.35. The van der Waals surface area contributed by atoms with Gasteiger partial charge in [0.2, 0.25) is 0 Å². The molecule has 0 amide bonds. The van der Waals surface area contributed by atoms with Gasteiger partial charge in [-0.2, -0.15) is 0 Å². The van der Waals surface area contributed by atoms with Crippen molar-refractivity contribution in [2.24, 2.45) is 5.73 Å². The summed E-state index contributed by atoms with van der Waals surface area (Å²) in [4.78, 5) is 0. The van der Waals surface area contributed by atoms with Crippen molar-refractivity contribution in [2.45, 2.75) is 25.5 Å². The highest BCUT2D eigenvalue weighted by Crippen LogP contribution is 2.32. The topological polar surface area (TPSA) is 64.7 Å². The van der Waals surface area contributed by atoms with Gasteiger partial charge in [-0.05, 0) is 24.6 Å². The van der Waals surface area contributed by atoms with Gasteiger partial charge >= 0.3 is 0 Å². The Labute approximate surface area is 95.0 Å². The maximum absolute atomic E-state index is 9.85. The maximum Gasteiger partial charge on any atom is 0.161 e. The highest BCUT2D eigenvalue weighted by Gasteiger charge is 2.16. The molecular formula is C12H17NO3. The normalized spacial score (nSPS) is 18.7. The van der Waals surface area contributed by atoms with Crippen LogP contribution >= 0.6 is 0 Å². The van der Waals surface area contributed by atoms with Crippen LogP contribution in [0.5, 0.6) is 11.5 Å². The zero-order chi connectivity index (χ0) is 11.5. The van der Waals surface area contributed by atoms with Crippen LogP contribution in [0.1, 0.15) is 25.0 Å². The fourth-order valence-electron chi connectivity index (χ4n) is 1.67. The lowest BCUT2D eigenvalue weighted by Gasteiger charge is -2.16. The first-order valence-electron chi connectivity index (χ1n) is 5.51. The Balaban J connectivity index is 2.27. The Hall–Kier alpha value is -1.26. The SMILES string of the molecule is CC(N)C(O)c1ccc2c(c1)OCCCO2. The molecule has 1 aromatic carbocycles. The monoisotopic (exact) mass is 223 g/mol. The van der Waals surface area contributed by atoms with Crippen molar-refractivity contribution >= 4 is 0 Å². The van der Waals surface area contributed by atoms with Crippen LogP contribution in [0, 0.1) is 0 Å². The lowest BCUT2D eigenvalue weighted by Crippen LogP contribution is -2.24. The molecular weight excluding hydrogens is 206 g/mol. The minimum Gasteiger partial charge on any atom is -0.490 e. The number of hydrogen-bond donors (Lipinski definition) is 2. The van der Waals surface area contributed by atoms with Crippen molar-refractivity contribution in [3.63, 3.8) is 0 Å². The Morgan fingerprint density at radius 2 is 1.94 bits per heavy atom. The van der Waals surface area contributed by atoms with Crippen LogP contribution in [0.3, 0.4) is 0 Å². The molecule has 0 bridgehead atoms. The number of benzene rings is 1. The van der Waals surface area contributed by atoms with E-state index < -0.39 is 6.10 Å². The second kappa shape index (κ2) is 4.72. The van der Waals surface area contributed by atoms with Crippen molar-refractivity contribution in [3.8, 4) is 11.5 Å². The molecule has 1 heterocycles. The molecule has 0 saturated heterocycles. The molecule has 1 aromatic rings. The second-order valence-electron chi connectivity index (χ2n) is 4.06. The summed E-state index contributed by atoms with van der Waals surface area (Å²) in [6.07, 6.45) is 0.206. The molecule has 4 heteroatoms. The maximum atomic E-state index is 9.85. The standard InChI is InChI=1S/C12H17NO3/c1-8(13)12(14)9-3-4-10-11(7-9)16-6-2-5-15-10/h3-4,7-8,12,14H,2,5-6,13H2,1H3. The molecule has 0 spiro atoms. The van der Waals surface area contributed by atoms with Crippen LogP contribution in [0.25, 0.3) is 0 Å². The molecule has 1 aliphatic heterocycles. The molecule has 88 valence electrons. The third-order valence-corrected chi connectivity index (χ3v) is 2.61. The van der Waals surface area contributed by atoms with Crippen molar-refractivity contribution in [2.75, 3.05) is 13.2 Å². The molecule has 2 atom stereocenters. The van der Waals surface area contributed by atoms with Crippen molar-refractivity contribution in [1.82, 2.24) is 0 Å². The average molecular weight is 223 g/mol.